The van der Waals surface area contributed by atoms with Gasteiger partial charge in [-0.05, 0) is 6.07 Å². The second kappa shape index (κ2) is 3.22. The summed E-state index contributed by atoms with van der Waals surface area (Å²) in [5.74, 6) is 0.730. The van der Waals surface area contributed by atoms with Crippen LogP contribution in [0.4, 0.5) is 11.5 Å². The van der Waals surface area contributed by atoms with E-state index in [2.05, 4.69) is 10.3 Å². The molecule has 1 aliphatic rings. The zero-order chi connectivity index (χ0) is 9.26. The summed E-state index contributed by atoms with van der Waals surface area (Å²) in [7, 11) is 1.81. The van der Waals surface area contributed by atoms with Crippen LogP contribution in [0, 0.1) is 0 Å². The van der Waals surface area contributed by atoms with E-state index in [4.69, 9.17) is 10.5 Å². The Bertz CT molecular complexity index is 310. The third kappa shape index (κ3) is 1.33. The molecule has 3 N–H and O–H groups in total. The monoisotopic (exact) mass is 179 g/mol. The van der Waals surface area contributed by atoms with Gasteiger partial charge in [-0.25, -0.2) is 4.98 Å². The topological polar surface area (TPSA) is 60.2 Å². The first-order chi connectivity index (χ1) is 6.33. The van der Waals surface area contributed by atoms with Crippen molar-refractivity contribution in [3.8, 4) is 0 Å². The summed E-state index contributed by atoms with van der Waals surface area (Å²) < 4.78 is 5.36. The van der Waals surface area contributed by atoms with Gasteiger partial charge in [0.1, 0.15) is 5.82 Å². The van der Waals surface area contributed by atoms with E-state index in [1.807, 2.05) is 13.1 Å². The minimum absolute atomic E-state index is 0.176. The van der Waals surface area contributed by atoms with Crippen molar-refractivity contribution in [2.24, 2.45) is 0 Å². The molecule has 2 heterocycles. The second-order valence-corrected chi connectivity index (χ2v) is 3.06. The highest BCUT2D eigenvalue weighted by Crippen LogP contribution is 2.34. The molecule has 0 spiro atoms. The largest absolute Gasteiger partial charge is 0.395 e. The predicted molar refractivity (Wildman–Crippen MR) is 51.5 cm³/mol. The SMILES string of the molecule is CNc1nccc(C2CCO2)c1N. The summed E-state index contributed by atoms with van der Waals surface area (Å²) >= 11 is 0. The van der Waals surface area contributed by atoms with E-state index in [1.165, 1.54) is 0 Å². The summed E-state index contributed by atoms with van der Waals surface area (Å²) in [5.41, 5.74) is 7.65. The first-order valence-electron chi connectivity index (χ1n) is 4.36. The predicted octanol–water partition coefficient (Wildman–Crippen LogP) is 1.17. The van der Waals surface area contributed by atoms with Gasteiger partial charge in [0.25, 0.3) is 0 Å². The molecule has 0 aromatic carbocycles. The van der Waals surface area contributed by atoms with Crippen LogP contribution in [0.1, 0.15) is 18.1 Å². The maximum Gasteiger partial charge on any atom is 0.149 e. The fourth-order valence-electron chi connectivity index (χ4n) is 1.45. The van der Waals surface area contributed by atoms with Crippen LogP contribution in [0.25, 0.3) is 0 Å². The molecule has 1 aliphatic heterocycles. The molecular weight excluding hydrogens is 166 g/mol. The molecule has 1 unspecified atom stereocenters. The van der Waals surface area contributed by atoms with E-state index < -0.39 is 0 Å². The standard InChI is InChI=1S/C9H13N3O/c1-11-9-8(10)6(2-4-12-9)7-3-5-13-7/h2,4,7H,3,5,10H2,1H3,(H,11,12). The normalized spacial score (nSPS) is 20.8. The molecule has 13 heavy (non-hydrogen) atoms. The fraction of sp³-hybridized carbons (Fsp3) is 0.444. The lowest BCUT2D eigenvalue weighted by molar-refractivity contribution is -0.0522. The van der Waals surface area contributed by atoms with Gasteiger partial charge in [0.05, 0.1) is 18.4 Å². The minimum atomic E-state index is 0.176. The number of hydrogen-bond donors (Lipinski definition) is 2. The Morgan fingerprint density at radius 3 is 3.00 bits per heavy atom. The minimum Gasteiger partial charge on any atom is -0.395 e. The van der Waals surface area contributed by atoms with Crippen molar-refractivity contribution in [2.75, 3.05) is 24.7 Å². The Labute approximate surface area is 77.1 Å². The van der Waals surface area contributed by atoms with Crippen LogP contribution in [0.2, 0.25) is 0 Å². The third-order valence-corrected chi connectivity index (χ3v) is 2.31. The molecule has 2 rings (SSSR count). The number of hydrogen-bond acceptors (Lipinski definition) is 4. The average Bonchev–Trinajstić information content (AvgIpc) is 2.05. The Morgan fingerprint density at radius 1 is 1.69 bits per heavy atom. The van der Waals surface area contributed by atoms with Crippen molar-refractivity contribution in [3.63, 3.8) is 0 Å². The maximum atomic E-state index is 5.90. The molecule has 0 radical (unpaired) electrons. The highest BCUT2D eigenvalue weighted by Gasteiger charge is 2.23. The lowest BCUT2D eigenvalue weighted by atomic mass is 10.0. The lowest BCUT2D eigenvalue weighted by Crippen LogP contribution is -2.20. The van der Waals surface area contributed by atoms with Crippen molar-refractivity contribution >= 4 is 11.5 Å². The molecule has 0 aliphatic carbocycles. The van der Waals surface area contributed by atoms with Crippen molar-refractivity contribution < 1.29 is 4.74 Å². The molecule has 4 heteroatoms. The van der Waals surface area contributed by atoms with Gasteiger partial charge < -0.3 is 15.8 Å². The first-order valence-corrected chi connectivity index (χ1v) is 4.36. The van der Waals surface area contributed by atoms with E-state index in [0.29, 0.717) is 5.69 Å². The number of ether oxygens (including phenoxy) is 1. The number of nitrogen functional groups attached to an aromatic ring is 1. The van der Waals surface area contributed by atoms with Gasteiger partial charge in [0.15, 0.2) is 0 Å². The average molecular weight is 179 g/mol. The van der Waals surface area contributed by atoms with Gasteiger partial charge in [-0.1, -0.05) is 0 Å². The van der Waals surface area contributed by atoms with Crippen LogP contribution in [-0.4, -0.2) is 18.6 Å². The number of rotatable bonds is 2. The van der Waals surface area contributed by atoms with Crippen LogP contribution < -0.4 is 11.1 Å². The molecule has 0 bridgehead atoms. The number of aromatic nitrogens is 1. The van der Waals surface area contributed by atoms with Crippen molar-refractivity contribution in [2.45, 2.75) is 12.5 Å². The van der Waals surface area contributed by atoms with Crippen molar-refractivity contribution in [1.82, 2.24) is 4.98 Å². The molecule has 1 atom stereocenters. The van der Waals surface area contributed by atoms with Crippen LogP contribution >= 0.6 is 0 Å². The quantitative estimate of drug-likeness (QED) is 0.715. The van der Waals surface area contributed by atoms with E-state index >= 15 is 0 Å². The molecule has 1 aromatic rings. The van der Waals surface area contributed by atoms with Crippen LogP contribution in [0.3, 0.4) is 0 Å². The Morgan fingerprint density at radius 2 is 2.46 bits per heavy atom. The van der Waals surface area contributed by atoms with Gasteiger partial charge in [0, 0.05) is 25.2 Å². The maximum absolute atomic E-state index is 5.90. The Hall–Kier alpha value is -1.29. The molecular formula is C9H13N3O. The highest BCUT2D eigenvalue weighted by molar-refractivity contribution is 5.65. The van der Waals surface area contributed by atoms with E-state index in [9.17, 15) is 0 Å². The molecule has 1 fully saturated rings. The van der Waals surface area contributed by atoms with Gasteiger partial charge in [-0.3, -0.25) is 0 Å². The summed E-state index contributed by atoms with van der Waals surface area (Å²) in [5, 5.41) is 2.95. The Balaban J connectivity index is 2.33. The van der Waals surface area contributed by atoms with Gasteiger partial charge in [0.2, 0.25) is 0 Å². The molecule has 0 saturated carbocycles. The van der Waals surface area contributed by atoms with Gasteiger partial charge in [-0.15, -0.1) is 0 Å². The van der Waals surface area contributed by atoms with E-state index in [0.717, 1.165) is 24.4 Å². The second-order valence-electron chi connectivity index (χ2n) is 3.06. The van der Waals surface area contributed by atoms with Crippen molar-refractivity contribution in [3.05, 3.63) is 17.8 Å². The fourth-order valence-corrected chi connectivity index (χ4v) is 1.45. The summed E-state index contributed by atoms with van der Waals surface area (Å²) in [6.07, 6.45) is 2.98. The molecule has 70 valence electrons. The van der Waals surface area contributed by atoms with Crippen molar-refractivity contribution in [1.29, 1.82) is 0 Å². The first kappa shape index (κ1) is 8.31. The summed E-state index contributed by atoms with van der Waals surface area (Å²) in [6, 6.07) is 1.92. The van der Waals surface area contributed by atoms with Crippen LogP contribution in [-0.2, 0) is 4.74 Å². The number of anilines is 2. The number of pyridine rings is 1. The smallest absolute Gasteiger partial charge is 0.149 e. The van der Waals surface area contributed by atoms with Gasteiger partial charge in [-0.2, -0.15) is 0 Å². The Kier molecular flexibility index (Phi) is 2.06. The zero-order valence-corrected chi connectivity index (χ0v) is 7.58. The molecule has 0 amide bonds. The van der Waals surface area contributed by atoms with E-state index in [1.54, 1.807) is 6.20 Å². The number of nitrogens with one attached hydrogen (secondary N) is 1. The van der Waals surface area contributed by atoms with Crippen LogP contribution in [0.15, 0.2) is 12.3 Å². The summed E-state index contributed by atoms with van der Waals surface area (Å²) in [4.78, 5) is 4.11. The number of nitrogens with zero attached hydrogens (tertiary/aromatic N) is 1. The highest BCUT2D eigenvalue weighted by atomic mass is 16.5. The third-order valence-electron chi connectivity index (χ3n) is 2.31. The van der Waals surface area contributed by atoms with Crippen LogP contribution in [0.5, 0.6) is 0 Å². The van der Waals surface area contributed by atoms with Gasteiger partial charge >= 0.3 is 0 Å². The molecule has 1 saturated heterocycles. The lowest BCUT2D eigenvalue weighted by Gasteiger charge is -2.28. The summed E-state index contributed by atoms with van der Waals surface area (Å²) in [6.45, 7) is 0.835. The van der Waals surface area contributed by atoms with E-state index in [-0.39, 0.29) is 6.10 Å². The molecule has 4 nitrogen and oxygen atoms in total. The molecule has 1 aromatic heterocycles. The zero-order valence-electron chi connectivity index (χ0n) is 7.58. The number of nitrogens with two attached hydrogens (primary N) is 1.